The van der Waals surface area contributed by atoms with Gasteiger partial charge < -0.3 is 20.0 Å². The molecule has 3 fully saturated rings. The third-order valence-corrected chi connectivity index (χ3v) is 9.03. The molecule has 3 saturated heterocycles. The Morgan fingerprint density at radius 2 is 1.59 bits per heavy atom. The summed E-state index contributed by atoms with van der Waals surface area (Å²) in [5.41, 5.74) is 3.29. The van der Waals surface area contributed by atoms with Gasteiger partial charge in [-0.15, -0.1) is 5.06 Å². The highest BCUT2D eigenvalue weighted by atomic mass is 16.7. The van der Waals surface area contributed by atoms with Crippen LogP contribution in [0.25, 0.3) is 0 Å². The van der Waals surface area contributed by atoms with E-state index < -0.39 is 0 Å². The maximum Gasteiger partial charge on any atom is 0.426 e. The van der Waals surface area contributed by atoms with Crippen molar-refractivity contribution in [3.05, 3.63) is 59.2 Å². The number of benzene rings is 1. The summed E-state index contributed by atoms with van der Waals surface area (Å²) in [6.07, 6.45) is 4.28. The van der Waals surface area contributed by atoms with Crippen LogP contribution in [-0.4, -0.2) is 88.2 Å². The van der Waals surface area contributed by atoms with E-state index in [-0.39, 0.29) is 17.5 Å². The molecule has 1 aromatic heterocycles. The first kappa shape index (κ1) is 29.5. The Kier molecular flexibility index (Phi) is 8.94. The largest absolute Gasteiger partial charge is 0.426 e. The molecule has 4 heterocycles. The van der Waals surface area contributed by atoms with Crippen LogP contribution in [0.3, 0.4) is 0 Å². The second-order valence-electron chi connectivity index (χ2n) is 13.2. The van der Waals surface area contributed by atoms with E-state index in [4.69, 9.17) is 4.84 Å². The van der Waals surface area contributed by atoms with Gasteiger partial charge in [0.25, 0.3) is 5.91 Å². The number of aromatic nitrogens is 2. The van der Waals surface area contributed by atoms with Crippen LogP contribution in [0.15, 0.2) is 36.7 Å². The Labute approximate surface area is 244 Å². The molecule has 2 amide bonds. The summed E-state index contributed by atoms with van der Waals surface area (Å²) in [6.45, 7) is 16.0. The lowest BCUT2D eigenvalue weighted by molar-refractivity contribution is -0.121. The van der Waals surface area contributed by atoms with Gasteiger partial charge in [-0.05, 0) is 89.7 Å². The molecule has 222 valence electrons. The first-order chi connectivity index (χ1) is 19.6. The summed E-state index contributed by atoms with van der Waals surface area (Å²) < 4.78 is 0. The second kappa shape index (κ2) is 12.4. The molecule has 1 aromatic carbocycles. The lowest BCUT2D eigenvalue weighted by Gasteiger charge is -2.36. The molecule has 41 heavy (non-hydrogen) atoms. The van der Waals surface area contributed by atoms with E-state index in [0.29, 0.717) is 29.2 Å². The van der Waals surface area contributed by atoms with E-state index in [2.05, 4.69) is 50.5 Å². The van der Waals surface area contributed by atoms with E-state index in [1.807, 2.05) is 44.6 Å². The number of carbonyl (C=O) groups is 2. The number of amides is 2. The molecule has 3 atom stereocenters. The van der Waals surface area contributed by atoms with Crippen molar-refractivity contribution in [2.24, 2.45) is 17.8 Å². The summed E-state index contributed by atoms with van der Waals surface area (Å²) >= 11 is 0. The molecule has 2 aromatic rings. The molecule has 3 unspecified atom stereocenters. The van der Waals surface area contributed by atoms with Gasteiger partial charge in [-0.25, -0.2) is 14.8 Å². The SMILES string of the molecule is Cc1ncnc(C)c1C(=O)N1CC2CN(CCC(c3ccccc3)C3CCN(OC(=O)NC(C)(C)C)CC3)CC2C1. The molecular formula is C32H46N6O3. The molecular weight excluding hydrogens is 516 g/mol. The van der Waals surface area contributed by atoms with Crippen LogP contribution in [-0.2, 0) is 4.84 Å². The molecule has 9 nitrogen and oxygen atoms in total. The van der Waals surface area contributed by atoms with Gasteiger partial charge >= 0.3 is 6.09 Å². The summed E-state index contributed by atoms with van der Waals surface area (Å²) in [6, 6.07) is 10.9. The van der Waals surface area contributed by atoms with Crippen LogP contribution in [0.1, 0.15) is 73.3 Å². The van der Waals surface area contributed by atoms with Crippen molar-refractivity contribution in [2.75, 3.05) is 45.8 Å². The number of nitrogens with zero attached hydrogens (tertiary/aromatic N) is 5. The number of rotatable bonds is 7. The van der Waals surface area contributed by atoms with Gasteiger partial charge in [-0.1, -0.05) is 30.3 Å². The fraction of sp³-hybridized carbons (Fsp3) is 0.625. The Balaban J connectivity index is 1.14. The monoisotopic (exact) mass is 562 g/mol. The van der Waals surface area contributed by atoms with Gasteiger partial charge in [0.1, 0.15) is 6.33 Å². The average molecular weight is 563 g/mol. The maximum atomic E-state index is 13.3. The van der Waals surface area contributed by atoms with Crippen LogP contribution in [0.2, 0.25) is 0 Å². The molecule has 9 heteroatoms. The Morgan fingerprint density at radius 1 is 0.976 bits per heavy atom. The van der Waals surface area contributed by atoms with Gasteiger partial charge in [0.15, 0.2) is 0 Å². The molecule has 0 radical (unpaired) electrons. The number of hydroxylamine groups is 2. The van der Waals surface area contributed by atoms with Crippen molar-refractivity contribution in [3.63, 3.8) is 0 Å². The predicted molar refractivity (Wildman–Crippen MR) is 158 cm³/mol. The number of hydrogen-bond acceptors (Lipinski definition) is 7. The third kappa shape index (κ3) is 7.25. The van der Waals surface area contributed by atoms with Crippen LogP contribution >= 0.6 is 0 Å². The number of fused-ring (bicyclic) bond motifs is 1. The molecule has 0 spiro atoms. The van der Waals surface area contributed by atoms with Gasteiger partial charge in [0.2, 0.25) is 0 Å². The minimum atomic E-state index is -0.377. The van der Waals surface area contributed by atoms with Crippen LogP contribution in [0.4, 0.5) is 4.79 Å². The van der Waals surface area contributed by atoms with Crippen LogP contribution < -0.4 is 5.32 Å². The zero-order chi connectivity index (χ0) is 29.1. The van der Waals surface area contributed by atoms with Crippen molar-refractivity contribution >= 4 is 12.0 Å². The highest BCUT2D eigenvalue weighted by Crippen LogP contribution is 2.37. The normalized spacial score (nSPS) is 22.9. The van der Waals surface area contributed by atoms with Gasteiger partial charge in [-0.3, -0.25) is 4.79 Å². The van der Waals surface area contributed by atoms with E-state index in [1.165, 1.54) is 11.9 Å². The van der Waals surface area contributed by atoms with E-state index >= 15 is 0 Å². The summed E-state index contributed by atoms with van der Waals surface area (Å²) in [7, 11) is 0. The van der Waals surface area contributed by atoms with Crippen molar-refractivity contribution in [1.82, 2.24) is 30.1 Å². The molecule has 3 aliphatic heterocycles. The molecule has 0 bridgehead atoms. The Bertz CT molecular complexity index is 1170. The Morgan fingerprint density at radius 3 is 2.17 bits per heavy atom. The number of aryl methyl sites for hydroxylation is 2. The van der Waals surface area contributed by atoms with Gasteiger partial charge in [0, 0.05) is 44.8 Å². The summed E-state index contributed by atoms with van der Waals surface area (Å²) in [5, 5.41) is 4.70. The van der Waals surface area contributed by atoms with Crippen molar-refractivity contribution < 1.29 is 14.4 Å². The standard InChI is InChI=1S/C32H46N6O3/c1-22-29(23(2)34-21-33-22)30(39)37-19-26-17-36(18-27(26)20-37)14-13-28(24-9-7-6-8-10-24)25-11-15-38(16-12-25)41-31(40)35-32(3,4)5/h6-10,21,25-28H,11-20H2,1-5H3,(H,35,40). The maximum absolute atomic E-state index is 13.3. The minimum absolute atomic E-state index is 0.0805. The lowest BCUT2D eigenvalue weighted by atomic mass is 9.78. The average Bonchev–Trinajstić information content (AvgIpc) is 3.48. The molecule has 0 saturated carbocycles. The highest BCUT2D eigenvalue weighted by molar-refractivity contribution is 5.96. The second-order valence-corrected chi connectivity index (χ2v) is 13.2. The van der Waals surface area contributed by atoms with Crippen molar-refractivity contribution in [2.45, 2.75) is 65.3 Å². The number of nitrogens with one attached hydrogen (secondary N) is 1. The first-order valence-electron chi connectivity index (χ1n) is 15.2. The Hall–Kier alpha value is -3.04. The predicted octanol–water partition coefficient (Wildman–Crippen LogP) is 4.42. The van der Waals surface area contributed by atoms with E-state index in [0.717, 1.165) is 76.5 Å². The van der Waals surface area contributed by atoms with E-state index in [9.17, 15) is 9.59 Å². The summed E-state index contributed by atoms with van der Waals surface area (Å²) in [5.74, 6) is 2.16. The highest BCUT2D eigenvalue weighted by Gasteiger charge is 2.42. The zero-order valence-electron chi connectivity index (χ0n) is 25.3. The number of likely N-dealkylation sites (tertiary alicyclic amines) is 2. The molecule has 5 rings (SSSR count). The minimum Gasteiger partial charge on any atom is -0.351 e. The number of carbonyl (C=O) groups excluding carboxylic acids is 2. The molecule has 0 aliphatic carbocycles. The fourth-order valence-electron chi connectivity index (χ4n) is 7.01. The molecule has 1 N–H and O–H groups in total. The summed E-state index contributed by atoms with van der Waals surface area (Å²) in [4.78, 5) is 44.3. The quantitative estimate of drug-likeness (QED) is 0.534. The van der Waals surface area contributed by atoms with Gasteiger partial charge in [-0.2, -0.15) is 0 Å². The van der Waals surface area contributed by atoms with E-state index in [1.54, 1.807) is 0 Å². The third-order valence-electron chi connectivity index (χ3n) is 9.03. The lowest BCUT2D eigenvalue weighted by Crippen LogP contribution is -2.45. The smallest absolute Gasteiger partial charge is 0.351 e. The number of hydrogen-bond donors (Lipinski definition) is 1. The first-order valence-corrected chi connectivity index (χ1v) is 15.2. The van der Waals surface area contributed by atoms with Crippen molar-refractivity contribution in [3.8, 4) is 0 Å². The van der Waals surface area contributed by atoms with Crippen molar-refractivity contribution in [1.29, 1.82) is 0 Å². The zero-order valence-corrected chi connectivity index (χ0v) is 25.3. The van der Waals surface area contributed by atoms with Crippen LogP contribution in [0, 0.1) is 31.6 Å². The fourth-order valence-corrected chi connectivity index (χ4v) is 7.01. The van der Waals surface area contributed by atoms with Crippen LogP contribution in [0.5, 0.6) is 0 Å². The molecule has 3 aliphatic rings. The van der Waals surface area contributed by atoms with Gasteiger partial charge in [0.05, 0.1) is 17.0 Å². The topological polar surface area (TPSA) is 90.9 Å². The number of piperidine rings is 1.